The van der Waals surface area contributed by atoms with Crippen LogP contribution in [0.2, 0.25) is 0 Å². The molecule has 0 aliphatic carbocycles. The lowest BCUT2D eigenvalue weighted by Gasteiger charge is -2.32. The first-order valence-corrected chi connectivity index (χ1v) is 9.41. The maximum atomic E-state index is 4.50. The van der Waals surface area contributed by atoms with Gasteiger partial charge in [-0.05, 0) is 37.3 Å². The normalized spacial score (nSPS) is 23.7. The molecule has 0 spiro atoms. The molecule has 2 atom stereocenters. The fourth-order valence-electron chi connectivity index (χ4n) is 3.96. The Morgan fingerprint density at radius 2 is 1.88 bits per heavy atom. The van der Waals surface area contributed by atoms with Gasteiger partial charge in [0.2, 0.25) is 0 Å². The highest BCUT2D eigenvalue weighted by atomic mass is 15.2. The SMILES string of the molecule is CC1CCCN(c2cc(NC3CCN(c4ccccc4)C3)ncn2)C1. The van der Waals surface area contributed by atoms with Gasteiger partial charge in [0.25, 0.3) is 0 Å². The molecule has 0 amide bonds. The minimum Gasteiger partial charge on any atom is -0.369 e. The van der Waals surface area contributed by atoms with E-state index in [-0.39, 0.29) is 0 Å². The third kappa shape index (κ3) is 3.86. The predicted octanol–water partition coefficient (Wildman–Crippen LogP) is 3.40. The first kappa shape index (κ1) is 16.2. The highest BCUT2D eigenvalue weighted by Crippen LogP contribution is 2.24. The number of rotatable bonds is 4. The van der Waals surface area contributed by atoms with Gasteiger partial charge in [0.1, 0.15) is 18.0 Å². The van der Waals surface area contributed by atoms with Crippen molar-refractivity contribution in [3.8, 4) is 0 Å². The van der Waals surface area contributed by atoms with Gasteiger partial charge < -0.3 is 15.1 Å². The fraction of sp³-hybridized carbons (Fsp3) is 0.500. The van der Waals surface area contributed by atoms with E-state index in [2.05, 4.69) is 68.4 Å². The van der Waals surface area contributed by atoms with Crippen molar-refractivity contribution in [3.63, 3.8) is 0 Å². The van der Waals surface area contributed by atoms with Crippen LogP contribution in [-0.2, 0) is 0 Å². The van der Waals surface area contributed by atoms with E-state index in [4.69, 9.17) is 0 Å². The predicted molar refractivity (Wildman–Crippen MR) is 103 cm³/mol. The third-order valence-corrected chi connectivity index (χ3v) is 5.30. The second kappa shape index (κ2) is 7.30. The highest BCUT2D eigenvalue weighted by molar-refractivity contribution is 5.51. The summed E-state index contributed by atoms with van der Waals surface area (Å²) in [5.74, 6) is 2.75. The molecule has 3 heterocycles. The molecular formula is C20H27N5. The van der Waals surface area contributed by atoms with Crippen LogP contribution >= 0.6 is 0 Å². The van der Waals surface area contributed by atoms with Gasteiger partial charge in [-0.1, -0.05) is 25.1 Å². The average molecular weight is 337 g/mol. The van der Waals surface area contributed by atoms with E-state index >= 15 is 0 Å². The van der Waals surface area contributed by atoms with Crippen LogP contribution in [0.3, 0.4) is 0 Å². The molecule has 1 aromatic heterocycles. The van der Waals surface area contributed by atoms with Crippen LogP contribution in [0.25, 0.3) is 0 Å². The van der Waals surface area contributed by atoms with E-state index in [1.165, 1.54) is 18.5 Å². The molecule has 1 aromatic carbocycles. The number of hydrogen-bond acceptors (Lipinski definition) is 5. The van der Waals surface area contributed by atoms with Crippen molar-refractivity contribution in [2.45, 2.75) is 32.2 Å². The van der Waals surface area contributed by atoms with Crippen molar-refractivity contribution in [1.82, 2.24) is 9.97 Å². The molecule has 0 bridgehead atoms. The molecule has 2 unspecified atom stereocenters. The van der Waals surface area contributed by atoms with E-state index in [1.54, 1.807) is 6.33 Å². The van der Waals surface area contributed by atoms with Crippen LogP contribution in [0.15, 0.2) is 42.7 Å². The molecule has 132 valence electrons. The fourth-order valence-corrected chi connectivity index (χ4v) is 3.96. The van der Waals surface area contributed by atoms with Crippen LogP contribution < -0.4 is 15.1 Å². The standard InChI is InChI=1S/C20H27N5/c1-16-6-5-10-25(13-16)20-12-19(21-15-22-20)23-17-9-11-24(14-17)18-7-3-2-4-8-18/h2-4,7-8,12,15-17H,5-6,9-11,13-14H2,1H3,(H,21,22,23). The number of anilines is 3. The van der Waals surface area contributed by atoms with Crippen LogP contribution in [0.4, 0.5) is 17.3 Å². The van der Waals surface area contributed by atoms with Crippen molar-refractivity contribution in [1.29, 1.82) is 0 Å². The Bertz CT molecular complexity index is 689. The van der Waals surface area contributed by atoms with Gasteiger partial charge >= 0.3 is 0 Å². The first-order chi connectivity index (χ1) is 12.3. The van der Waals surface area contributed by atoms with Crippen molar-refractivity contribution >= 4 is 17.3 Å². The quantitative estimate of drug-likeness (QED) is 0.926. The Balaban J connectivity index is 1.39. The van der Waals surface area contributed by atoms with E-state index in [9.17, 15) is 0 Å². The lowest BCUT2D eigenvalue weighted by molar-refractivity contribution is 0.444. The van der Waals surface area contributed by atoms with Crippen molar-refractivity contribution in [2.24, 2.45) is 5.92 Å². The molecule has 2 aliphatic rings. The summed E-state index contributed by atoms with van der Waals surface area (Å²) < 4.78 is 0. The second-order valence-corrected chi connectivity index (χ2v) is 7.37. The van der Waals surface area contributed by atoms with E-state index in [1.807, 2.05) is 0 Å². The molecule has 0 radical (unpaired) electrons. The maximum absolute atomic E-state index is 4.50. The van der Waals surface area contributed by atoms with Crippen LogP contribution in [-0.4, -0.2) is 42.2 Å². The first-order valence-electron chi connectivity index (χ1n) is 9.41. The van der Waals surface area contributed by atoms with Gasteiger partial charge in [0, 0.05) is 44.0 Å². The van der Waals surface area contributed by atoms with Gasteiger partial charge in [-0.3, -0.25) is 0 Å². The molecule has 5 heteroatoms. The second-order valence-electron chi connectivity index (χ2n) is 7.37. The van der Waals surface area contributed by atoms with E-state index in [0.717, 1.165) is 50.2 Å². The average Bonchev–Trinajstić information content (AvgIpc) is 3.11. The highest BCUT2D eigenvalue weighted by Gasteiger charge is 2.23. The molecular weight excluding hydrogens is 310 g/mol. The van der Waals surface area contributed by atoms with E-state index in [0.29, 0.717) is 6.04 Å². The van der Waals surface area contributed by atoms with Crippen molar-refractivity contribution in [2.75, 3.05) is 41.3 Å². The lowest BCUT2D eigenvalue weighted by Crippen LogP contribution is -2.35. The summed E-state index contributed by atoms with van der Waals surface area (Å²) in [6, 6.07) is 13.2. The molecule has 25 heavy (non-hydrogen) atoms. The van der Waals surface area contributed by atoms with Gasteiger partial charge in [-0.25, -0.2) is 9.97 Å². The molecule has 2 aliphatic heterocycles. The number of piperidine rings is 1. The molecule has 5 nitrogen and oxygen atoms in total. The summed E-state index contributed by atoms with van der Waals surface area (Å²) in [6.45, 7) is 6.63. The smallest absolute Gasteiger partial charge is 0.134 e. The molecule has 0 saturated carbocycles. The largest absolute Gasteiger partial charge is 0.369 e. The van der Waals surface area contributed by atoms with Gasteiger partial charge in [-0.15, -0.1) is 0 Å². The Labute approximate surface area is 150 Å². The van der Waals surface area contributed by atoms with Gasteiger partial charge in [0.05, 0.1) is 0 Å². The number of nitrogens with one attached hydrogen (secondary N) is 1. The van der Waals surface area contributed by atoms with Crippen LogP contribution in [0.5, 0.6) is 0 Å². The zero-order chi connectivity index (χ0) is 17.1. The van der Waals surface area contributed by atoms with Crippen molar-refractivity contribution < 1.29 is 0 Å². The molecule has 2 saturated heterocycles. The summed E-state index contributed by atoms with van der Waals surface area (Å²) in [5, 5.41) is 3.61. The number of para-hydroxylation sites is 1. The summed E-state index contributed by atoms with van der Waals surface area (Å²) >= 11 is 0. The zero-order valence-corrected chi connectivity index (χ0v) is 14.9. The zero-order valence-electron chi connectivity index (χ0n) is 14.9. The summed E-state index contributed by atoms with van der Waals surface area (Å²) in [5.41, 5.74) is 1.30. The maximum Gasteiger partial charge on any atom is 0.134 e. The van der Waals surface area contributed by atoms with Gasteiger partial charge in [0.15, 0.2) is 0 Å². The van der Waals surface area contributed by atoms with Crippen LogP contribution in [0, 0.1) is 5.92 Å². The number of benzene rings is 1. The summed E-state index contributed by atoms with van der Waals surface area (Å²) in [4.78, 5) is 13.8. The summed E-state index contributed by atoms with van der Waals surface area (Å²) in [6.07, 6.45) is 5.41. The van der Waals surface area contributed by atoms with Crippen LogP contribution in [0.1, 0.15) is 26.2 Å². The Kier molecular flexibility index (Phi) is 4.72. The Morgan fingerprint density at radius 3 is 2.72 bits per heavy atom. The number of aromatic nitrogens is 2. The lowest BCUT2D eigenvalue weighted by atomic mass is 10.0. The topological polar surface area (TPSA) is 44.3 Å². The molecule has 2 fully saturated rings. The molecule has 1 N–H and O–H groups in total. The number of nitrogens with zero attached hydrogens (tertiary/aromatic N) is 4. The molecule has 4 rings (SSSR count). The van der Waals surface area contributed by atoms with Gasteiger partial charge in [-0.2, -0.15) is 0 Å². The Morgan fingerprint density at radius 1 is 1.00 bits per heavy atom. The minimum atomic E-state index is 0.434. The monoisotopic (exact) mass is 337 g/mol. The van der Waals surface area contributed by atoms with Crippen molar-refractivity contribution in [3.05, 3.63) is 42.7 Å². The summed E-state index contributed by atoms with van der Waals surface area (Å²) in [7, 11) is 0. The number of hydrogen-bond donors (Lipinski definition) is 1. The molecule has 2 aromatic rings. The Hall–Kier alpha value is -2.30. The third-order valence-electron chi connectivity index (χ3n) is 5.30. The van der Waals surface area contributed by atoms with E-state index < -0.39 is 0 Å². The minimum absolute atomic E-state index is 0.434.